The summed E-state index contributed by atoms with van der Waals surface area (Å²) in [6.07, 6.45) is 3.05. The van der Waals surface area contributed by atoms with E-state index in [2.05, 4.69) is 5.32 Å². The molecule has 0 spiro atoms. The van der Waals surface area contributed by atoms with Crippen LogP contribution < -0.4 is 11.1 Å². The van der Waals surface area contributed by atoms with Crippen molar-refractivity contribution in [1.82, 2.24) is 9.62 Å². The van der Waals surface area contributed by atoms with E-state index in [9.17, 15) is 18.3 Å². The van der Waals surface area contributed by atoms with Crippen molar-refractivity contribution in [2.75, 3.05) is 25.4 Å². The zero-order valence-corrected chi connectivity index (χ0v) is 21.5. The highest BCUT2D eigenvalue weighted by molar-refractivity contribution is 7.89. The first kappa shape index (κ1) is 30.3. The van der Waals surface area contributed by atoms with Crippen molar-refractivity contribution in [3.05, 3.63) is 60.2 Å². The zero-order valence-electron chi connectivity index (χ0n) is 20.7. The van der Waals surface area contributed by atoms with Gasteiger partial charge in [0.2, 0.25) is 15.9 Å². The van der Waals surface area contributed by atoms with Crippen molar-refractivity contribution in [3.63, 3.8) is 0 Å². The molecule has 0 fully saturated rings. The minimum absolute atomic E-state index is 0.00456. The molecule has 0 heterocycles. The maximum atomic E-state index is 13.3. The summed E-state index contributed by atoms with van der Waals surface area (Å²) < 4.78 is 27.9. The molecule has 8 nitrogen and oxygen atoms in total. The number of nitrogens with zero attached hydrogens (tertiary/aromatic N) is 1. The third kappa shape index (κ3) is 10.6. The molecule has 194 valence electrons. The van der Waals surface area contributed by atoms with Crippen LogP contribution in [0.2, 0.25) is 0 Å². The van der Waals surface area contributed by atoms with Crippen LogP contribution in [-0.4, -0.2) is 56.3 Å². The Labute approximate surface area is 209 Å². The molecule has 0 saturated carbocycles. The lowest BCUT2D eigenvalue weighted by Crippen LogP contribution is -2.44. The van der Waals surface area contributed by atoms with Crippen molar-refractivity contribution in [1.29, 1.82) is 0 Å². The largest absolute Gasteiger partial charge is 0.399 e. The van der Waals surface area contributed by atoms with Crippen LogP contribution in [0.25, 0.3) is 0 Å². The van der Waals surface area contributed by atoms with Crippen molar-refractivity contribution in [3.8, 4) is 0 Å². The molecule has 0 bridgehead atoms. The SMILES string of the molecule is C=O.CC(C)CN([C@H](CO)CCCCNC(=O)CCc1ccccc1)S(=O)(=O)c1ccc(N)cc1. The van der Waals surface area contributed by atoms with Gasteiger partial charge in [-0.1, -0.05) is 50.6 Å². The number of amides is 1. The first-order valence-corrected chi connectivity index (χ1v) is 13.3. The first-order valence-electron chi connectivity index (χ1n) is 11.8. The maximum Gasteiger partial charge on any atom is 0.243 e. The lowest BCUT2D eigenvalue weighted by molar-refractivity contribution is -0.121. The third-order valence-electron chi connectivity index (χ3n) is 5.42. The number of sulfonamides is 1. The van der Waals surface area contributed by atoms with Crippen LogP contribution in [-0.2, 0) is 26.0 Å². The molecule has 0 radical (unpaired) electrons. The van der Waals surface area contributed by atoms with Crippen molar-refractivity contribution in [2.45, 2.75) is 56.9 Å². The van der Waals surface area contributed by atoms with Gasteiger partial charge in [0.1, 0.15) is 6.79 Å². The minimum Gasteiger partial charge on any atom is -0.399 e. The van der Waals surface area contributed by atoms with Gasteiger partial charge < -0.3 is 21.0 Å². The average molecular weight is 506 g/mol. The normalized spacial score (nSPS) is 12.1. The minimum atomic E-state index is -3.77. The molecule has 0 aromatic heterocycles. The summed E-state index contributed by atoms with van der Waals surface area (Å²) in [4.78, 5) is 20.2. The molecule has 0 aliphatic heterocycles. The van der Waals surface area contributed by atoms with Crippen LogP contribution in [0.3, 0.4) is 0 Å². The summed E-state index contributed by atoms with van der Waals surface area (Å²) in [7, 11) is -3.77. The molecule has 1 atom stereocenters. The Balaban J connectivity index is 0.00000298. The number of rotatable bonds is 14. The molecule has 1 amide bonds. The average Bonchev–Trinajstić information content (AvgIpc) is 2.86. The Hall–Kier alpha value is -2.75. The van der Waals surface area contributed by atoms with Gasteiger partial charge in [-0.3, -0.25) is 4.79 Å². The summed E-state index contributed by atoms with van der Waals surface area (Å²) in [6.45, 7) is 6.48. The molecule has 0 aliphatic rings. The number of nitrogen functional groups attached to an aromatic ring is 1. The highest BCUT2D eigenvalue weighted by atomic mass is 32.2. The fraction of sp³-hybridized carbons (Fsp3) is 0.462. The molecule has 35 heavy (non-hydrogen) atoms. The Morgan fingerprint density at radius 3 is 2.26 bits per heavy atom. The highest BCUT2D eigenvalue weighted by Crippen LogP contribution is 2.23. The molecule has 0 aliphatic carbocycles. The quantitative estimate of drug-likeness (QED) is 0.267. The van der Waals surface area contributed by atoms with E-state index >= 15 is 0 Å². The molecular formula is C26H39N3O5S. The maximum absolute atomic E-state index is 13.3. The molecule has 2 aromatic carbocycles. The van der Waals surface area contributed by atoms with E-state index < -0.39 is 16.1 Å². The van der Waals surface area contributed by atoms with E-state index in [0.29, 0.717) is 50.9 Å². The monoisotopic (exact) mass is 505 g/mol. The highest BCUT2D eigenvalue weighted by Gasteiger charge is 2.31. The summed E-state index contributed by atoms with van der Waals surface area (Å²) in [5.41, 5.74) is 7.32. The second kappa shape index (κ2) is 16.0. The number of aryl methyl sites for hydroxylation is 1. The van der Waals surface area contributed by atoms with Gasteiger partial charge in [0.15, 0.2) is 0 Å². The molecule has 0 saturated heterocycles. The van der Waals surface area contributed by atoms with E-state index in [4.69, 9.17) is 10.5 Å². The molecule has 9 heteroatoms. The predicted molar refractivity (Wildman–Crippen MR) is 139 cm³/mol. The number of aliphatic hydroxyl groups is 1. The molecule has 4 N–H and O–H groups in total. The second-order valence-electron chi connectivity index (χ2n) is 8.71. The lowest BCUT2D eigenvalue weighted by Gasteiger charge is -2.31. The van der Waals surface area contributed by atoms with E-state index in [1.165, 1.54) is 16.4 Å². The van der Waals surface area contributed by atoms with Crippen LogP contribution >= 0.6 is 0 Å². The summed E-state index contributed by atoms with van der Waals surface area (Å²) >= 11 is 0. The van der Waals surface area contributed by atoms with Gasteiger partial charge in [0.05, 0.1) is 11.5 Å². The van der Waals surface area contributed by atoms with Crippen molar-refractivity contribution < 1.29 is 23.1 Å². The number of nitrogens with one attached hydrogen (secondary N) is 1. The van der Waals surface area contributed by atoms with Gasteiger partial charge in [0.25, 0.3) is 0 Å². The van der Waals surface area contributed by atoms with Crippen LogP contribution in [0.4, 0.5) is 5.69 Å². The smallest absolute Gasteiger partial charge is 0.243 e. The first-order chi connectivity index (χ1) is 16.7. The van der Waals surface area contributed by atoms with Crippen LogP contribution in [0.5, 0.6) is 0 Å². The van der Waals surface area contributed by atoms with E-state index in [0.717, 1.165) is 5.56 Å². The number of hydrogen-bond acceptors (Lipinski definition) is 6. The molecule has 0 unspecified atom stereocenters. The van der Waals surface area contributed by atoms with Crippen LogP contribution in [0.1, 0.15) is 45.1 Å². The van der Waals surface area contributed by atoms with E-state index in [-0.39, 0.29) is 23.3 Å². The Kier molecular flexibility index (Phi) is 13.9. The number of unbranched alkanes of at least 4 members (excludes halogenated alkanes) is 1. The zero-order chi connectivity index (χ0) is 26.3. The van der Waals surface area contributed by atoms with E-state index in [1.54, 1.807) is 12.1 Å². The number of hydrogen-bond donors (Lipinski definition) is 3. The molecule has 2 aromatic rings. The number of anilines is 1. The topological polar surface area (TPSA) is 130 Å². The number of benzene rings is 2. The van der Waals surface area contributed by atoms with Gasteiger partial charge in [-0.05, 0) is 55.0 Å². The van der Waals surface area contributed by atoms with Crippen LogP contribution in [0, 0.1) is 5.92 Å². The summed E-state index contributed by atoms with van der Waals surface area (Å²) in [5.74, 6) is 0.108. The van der Waals surface area contributed by atoms with Crippen LogP contribution in [0.15, 0.2) is 59.5 Å². The van der Waals surface area contributed by atoms with Gasteiger partial charge in [-0.25, -0.2) is 8.42 Å². The number of carbonyl (C=O) groups excluding carboxylic acids is 2. The van der Waals surface area contributed by atoms with Gasteiger partial charge in [-0.2, -0.15) is 4.31 Å². The molecular weight excluding hydrogens is 466 g/mol. The van der Waals surface area contributed by atoms with Crippen molar-refractivity contribution in [2.24, 2.45) is 5.92 Å². The second-order valence-corrected chi connectivity index (χ2v) is 10.6. The lowest BCUT2D eigenvalue weighted by atomic mass is 10.1. The Morgan fingerprint density at radius 1 is 1.06 bits per heavy atom. The molecule has 2 rings (SSSR count). The Morgan fingerprint density at radius 2 is 1.69 bits per heavy atom. The standard InChI is InChI=1S/C25H37N3O4S.CH2O/c1-20(2)18-28(33(31,32)24-14-12-22(26)13-15-24)23(19-29)10-6-7-17-27-25(30)16-11-21-8-4-3-5-9-21;1-2/h3-5,8-9,12-15,20,23,29H,6-7,10-11,16-19,26H2,1-2H3,(H,27,30);1H2/t23-;/m0./s1. The summed E-state index contributed by atoms with van der Waals surface area (Å²) in [6, 6.07) is 15.5. The fourth-order valence-corrected chi connectivity index (χ4v) is 5.44. The number of nitrogens with two attached hydrogens (primary N) is 1. The number of aliphatic hydroxyl groups excluding tert-OH is 1. The van der Waals surface area contributed by atoms with Gasteiger partial charge in [0, 0.05) is 31.2 Å². The number of carbonyl (C=O) groups is 2. The summed E-state index contributed by atoms with van der Waals surface area (Å²) in [5, 5.41) is 12.9. The van der Waals surface area contributed by atoms with Gasteiger partial charge >= 0.3 is 0 Å². The third-order valence-corrected chi connectivity index (χ3v) is 7.35. The van der Waals surface area contributed by atoms with Crippen molar-refractivity contribution >= 4 is 28.4 Å². The fourth-order valence-electron chi connectivity index (χ4n) is 3.63. The Bertz CT molecular complexity index is 966. The van der Waals surface area contributed by atoms with Gasteiger partial charge in [-0.15, -0.1) is 0 Å². The predicted octanol–water partition coefficient (Wildman–Crippen LogP) is 3.01. The van der Waals surface area contributed by atoms with E-state index in [1.807, 2.05) is 51.0 Å².